The molecule has 2 aliphatic rings. The number of hydrazone groups is 1. The van der Waals surface area contributed by atoms with Gasteiger partial charge < -0.3 is 0 Å². The molecule has 2 heterocycles. The fraction of sp³-hybridized carbons (Fsp3) is 0.391. The molecule has 158 valence electrons. The van der Waals surface area contributed by atoms with Crippen molar-refractivity contribution in [3.8, 4) is 0 Å². The molecular formula is C23H24ClF2N3O. The molecule has 0 aromatic heterocycles. The summed E-state index contributed by atoms with van der Waals surface area (Å²) in [6, 6.07) is 13.1. The number of carbonyl (C=O) groups is 1. The van der Waals surface area contributed by atoms with E-state index >= 15 is 0 Å². The van der Waals surface area contributed by atoms with Crippen LogP contribution >= 0.6 is 11.6 Å². The van der Waals surface area contributed by atoms with Gasteiger partial charge in [-0.15, -0.1) is 11.6 Å². The van der Waals surface area contributed by atoms with Crippen molar-refractivity contribution in [2.75, 3.05) is 19.0 Å². The van der Waals surface area contributed by atoms with Crippen LogP contribution in [0, 0.1) is 17.0 Å². The molecule has 0 N–H and O–H groups in total. The Morgan fingerprint density at radius 3 is 2.40 bits per heavy atom. The van der Waals surface area contributed by atoms with Gasteiger partial charge >= 0.3 is 0 Å². The molecule has 7 heteroatoms. The van der Waals surface area contributed by atoms with Crippen LogP contribution in [0.4, 0.5) is 8.78 Å². The van der Waals surface area contributed by atoms with E-state index in [1.165, 1.54) is 22.7 Å². The van der Waals surface area contributed by atoms with Gasteiger partial charge in [-0.25, -0.2) is 13.8 Å². The average Bonchev–Trinajstić information content (AvgIpc) is 3.24. The van der Waals surface area contributed by atoms with Gasteiger partial charge in [-0.05, 0) is 49.2 Å². The molecule has 0 aliphatic carbocycles. The highest BCUT2D eigenvalue weighted by Gasteiger charge is 2.46. The molecule has 2 aromatic rings. The zero-order valence-electron chi connectivity index (χ0n) is 16.6. The van der Waals surface area contributed by atoms with Crippen LogP contribution in [0.5, 0.6) is 0 Å². The quantitative estimate of drug-likeness (QED) is 0.641. The molecular weight excluding hydrogens is 408 g/mol. The summed E-state index contributed by atoms with van der Waals surface area (Å²) < 4.78 is 27.4. The maximum atomic E-state index is 13.7. The van der Waals surface area contributed by atoms with Crippen LogP contribution in [-0.4, -0.2) is 41.0 Å². The number of hydrogen-bond acceptors (Lipinski definition) is 3. The van der Waals surface area contributed by atoms with Gasteiger partial charge in [-0.2, -0.15) is 5.10 Å². The lowest BCUT2D eigenvalue weighted by Crippen LogP contribution is -2.50. The Kier molecular flexibility index (Phi) is 6.16. The average molecular weight is 432 g/mol. The van der Waals surface area contributed by atoms with Crippen molar-refractivity contribution in [2.45, 2.75) is 31.8 Å². The third-order valence-electron chi connectivity index (χ3n) is 6.08. The Balaban J connectivity index is 1.47. The van der Waals surface area contributed by atoms with E-state index < -0.39 is 23.1 Å². The van der Waals surface area contributed by atoms with Gasteiger partial charge in [0, 0.05) is 31.1 Å². The maximum absolute atomic E-state index is 13.7. The standard InChI is InChI=1S/C23H24ClF2N3O/c24-16-23(7-10-28(11-8-23)15-17-4-2-1-3-5-17)22(30)29-21(6-9-27-29)18-12-19(25)14-20(26)13-18/h1-5,9,12-14,21H,6-8,10-11,15-16H2. The number of benzene rings is 2. The second-order valence-corrected chi connectivity index (χ2v) is 8.35. The number of piperidine rings is 1. The normalized spacial score (nSPS) is 21.2. The third-order valence-corrected chi connectivity index (χ3v) is 6.59. The van der Waals surface area contributed by atoms with Gasteiger partial charge in [-0.3, -0.25) is 9.69 Å². The van der Waals surface area contributed by atoms with Crippen LogP contribution in [0.3, 0.4) is 0 Å². The summed E-state index contributed by atoms with van der Waals surface area (Å²) in [5, 5.41) is 5.63. The molecule has 30 heavy (non-hydrogen) atoms. The summed E-state index contributed by atoms with van der Waals surface area (Å²) >= 11 is 6.32. The largest absolute Gasteiger partial charge is 0.299 e. The summed E-state index contributed by atoms with van der Waals surface area (Å²) in [7, 11) is 0. The molecule has 0 spiro atoms. The number of nitrogens with zero attached hydrogens (tertiary/aromatic N) is 3. The zero-order chi connectivity index (χ0) is 21.1. The summed E-state index contributed by atoms with van der Waals surface area (Å²) in [4.78, 5) is 15.8. The van der Waals surface area contributed by atoms with E-state index in [-0.39, 0.29) is 11.8 Å². The Bertz CT molecular complexity index is 909. The van der Waals surface area contributed by atoms with Crippen molar-refractivity contribution in [3.63, 3.8) is 0 Å². The first-order valence-electron chi connectivity index (χ1n) is 10.2. The Morgan fingerprint density at radius 2 is 1.77 bits per heavy atom. The highest BCUT2D eigenvalue weighted by Crippen LogP contribution is 2.40. The van der Waals surface area contributed by atoms with Gasteiger partial charge in [0.25, 0.3) is 5.91 Å². The van der Waals surface area contributed by atoms with Gasteiger partial charge in [-0.1, -0.05) is 30.3 Å². The van der Waals surface area contributed by atoms with E-state index in [1.807, 2.05) is 18.2 Å². The van der Waals surface area contributed by atoms with Crippen molar-refractivity contribution < 1.29 is 13.6 Å². The predicted molar refractivity (Wildman–Crippen MR) is 113 cm³/mol. The number of rotatable bonds is 5. The molecule has 0 radical (unpaired) electrons. The molecule has 4 rings (SSSR count). The lowest BCUT2D eigenvalue weighted by molar-refractivity contribution is -0.145. The first-order chi connectivity index (χ1) is 14.5. The molecule has 0 saturated carbocycles. The lowest BCUT2D eigenvalue weighted by atomic mass is 9.78. The van der Waals surface area contributed by atoms with Crippen molar-refractivity contribution in [3.05, 3.63) is 71.3 Å². The first kappa shape index (κ1) is 20.9. The smallest absolute Gasteiger partial charge is 0.250 e. The molecule has 1 unspecified atom stereocenters. The SMILES string of the molecule is O=C(N1N=CCC1c1cc(F)cc(F)c1)C1(CCl)CCN(Cc2ccccc2)CC1. The summed E-state index contributed by atoms with van der Waals surface area (Å²) in [5.74, 6) is -1.29. The zero-order valence-corrected chi connectivity index (χ0v) is 17.4. The number of amides is 1. The maximum Gasteiger partial charge on any atom is 0.250 e. The van der Waals surface area contributed by atoms with Gasteiger partial charge in [0.1, 0.15) is 11.6 Å². The van der Waals surface area contributed by atoms with Crippen LogP contribution in [0.25, 0.3) is 0 Å². The van der Waals surface area contributed by atoms with Crippen molar-refractivity contribution >= 4 is 23.7 Å². The highest BCUT2D eigenvalue weighted by atomic mass is 35.5. The molecule has 1 saturated heterocycles. The van der Waals surface area contributed by atoms with Crippen LogP contribution < -0.4 is 0 Å². The Hall–Kier alpha value is -2.31. The molecule has 0 bridgehead atoms. The second kappa shape index (κ2) is 8.82. The topological polar surface area (TPSA) is 35.9 Å². The fourth-order valence-electron chi connectivity index (χ4n) is 4.28. The van der Waals surface area contributed by atoms with Crippen LogP contribution in [0.2, 0.25) is 0 Å². The van der Waals surface area contributed by atoms with E-state index in [0.29, 0.717) is 24.8 Å². The van der Waals surface area contributed by atoms with E-state index in [0.717, 1.165) is 25.7 Å². The fourth-order valence-corrected chi connectivity index (χ4v) is 4.66. The van der Waals surface area contributed by atoms with Gasteiger partial charge in [0.2, 0.25) is 0 Å². The molecule has 4 nitrogen and oxygen atoms in total. The minimum absolute atomic E-state index is 0.166. The van der Waals surface area contributed by atoms with Crippen molar-refractivity contribution in [1.82, 2.24) is 9.91 Å². The second-order valence-electron chi connectivity index (χ2n) is 8.08. The predicted octanol–water partition coefficient (Wildman–Crippen LogP) is 4.75. The number of hydrogen-bond donors (Lipinski definition) is 0. The van der Waals surface area contributed by atoms with Gasteiger partial charge in [0.15, 0.2) is 0 Å². The number of halogens is 3. The van der Waals surface area contributed by atoms with Crippen LogP contribution in [-0.2, 0) is 11.3 Å². The van der Waals surface area contributed by atoms with E-state index in [4.69, 9.17) is 11.6 Å². The van der Waals surface area contributed by atoms with E-state index in [1.54, 1.807) is 6.21 Å². The van der Waals surface area contributed by atoms with Gasteiger partial charge in [0.05, 0.1) is 11.5 Å². The van der Waals surface area contributed by atoms with Crippen LogP contribution in [0.15, 0.2) is 53.6 Å². The number of alkyl halides is 1. The summed E-state index contributed by atoms with van der Waals surface area (Å²) in [6.07, 6.45) is 3.29. The molecule has 1 fully saturated rings. The molecule has 2 aliphatic heterocycles. The monoisotopic (exact) mass is 431 g/mol. The Morgan fingerprint density at radius 1 is 1.10 bits per heavy atom. The van der Waals surface area contributed by atoms with Crippen molar-refractivity contribution in [1.29, 1.82) is 0 Å². The minimum Gasteiger partial charge on any atom is -0.299 e. The minimum atomic E-state index is -0.722. The highest BCUT2D eigenvalue weighted by molar-refractivity contribution is 6.20. The lowest BCUT2D eigenvalue weighted by Gasteiger charge is -2.41. The van der Waals surface area contributed by atoms with E-state index in [9.17, 15) is 13.6 Å². The summed E-state index contributed by atoms with van der Waals surface area (Å²) in [6.45, 7) is 2.34. The number of likely N-dealkylation sites (tertiary alicyclic amines) is 1. The first-order valence-corrected chi connectivity index (χ1v) is 10.7. The molecule has 2 aromatic carbocycles. The molecule has 1 amide bonds. The summed E-state index contributed by atoms with van der Waals surface area (Å²) in [5.41, 5.74) is 0.921. The number of carbonyl (C=O) groups excluding carboxylic acids is 1. The third kappa shape index (κ3) is 4.25. The van der Waals surface area contributed by atoms with Crippen molar-refractivity contribution in [2.24, 2.45) is 10.5 Å². The van der Waals surface area contributed by atoms with E-state index in [2.05, 4.69) is 22.1 Å². The van der Waals surface area contributed by atoms with Crippen LogP contribution in [0.1, 0.15) is 36.4 Å². The molecule has 1 atom stereocenters. The Labute approximate surface area is 180 Å².